The fraction of sp³-hybridized carbons (Fsp3) is 0.458. The monoisotopic (exact) mass is 409 g/mol. The summed E-state index contributed by atoms with van der Waals surface area (Å²) >= 11 is 0. The number of fused-ring (bicyclic) bond motifs is 5. The summed E-state index contributed by atoms with van der Waals surface area (Å²) < 4.78 is 25.1. The van der Waals surface area contributed by atoms with Crippen molar-refractivity contribution in [1.29, 1.82) is 0 Å². The lowest BCUT2D eigenvalue weighted by molar-refractivity contribution is 0.0901. The van der Waals surface area contributed by atoms with E-state index in [2.05, 4.69) is 5.32 Å². The summed E-state index contributed by atoms with van der Waals surface area (Å²) in [5, 5.41) is 3.28. The molecule has 0 spiro atoms. The summed E-state index contributed by atoms with van der Waals surface area (Å²) in [6.45, 7) is 0. The van der Waals surface area contributed by atoms with Gasteiger partial charge in [0.1, 0.15) is 0 Å². The van der Waals surface area contributed by atoms with Crippen molar-refractivity contribution in [2.24, 2.45) is 23.7 Å². The molecule has 0 heterocycles. The predicted molar refractivity (Wildman–Crippen MR) is 112 cm³/mol. The second-order valence-corrected chi connectivity index (χ2v) is 11.0. The van der Waals surface area contributed by atoms with E-state index in [-0.39, 0.29) is 11.7 Å². The Kier molecular flexibility index (Phi) is 4.73. The van der Waals surface area contributed by atoms with Crippen LogP contribution in [0.25, 0.3) is 0 Å². The highest BCUT2D eigenvalue weighted by molar-refractivity contribution is 7.90. The van der Waals surface area contributed by atoms with Gasteiger partial charge in [0, 0.05) is 11.6 Å². The first-order valence-electron chi connectivity index (χ1n) is 10.7. The normalized spacial score (nSPS) is 30.3. The number of carbonyl (C=O) groups excluding carboxylic acids is 1. The average molecular weight is 410 g/mol. The van der Waals surface area contributed by atoms with Gasteiger partial charge in [-0.1, -0.05) is 36.8 Å². The molecule has 2 aromatic rings. The van der Waals surface area contributed by atoms with Crippen molar-refractivity contribution < 1.29 is 13.2 Å². The van der Waals surface area contributed by atoms with E-state index in [0.29, 0.717) is 28.0 Å². The van der Waals surface area contributed by atoms with Crippen LogP contribution in [-0.4, -0.2) is 20.4 Å². The van der Waals surface area contributed by atoms with Gasteiger partial charge in [-0.15, -0.1) is 0 Å². The van der Waals surface area contributed by atoms with Crippen molar-refractivity contribution in [3.63, 3.8) is 0 Å². The van der Waals surface area contributed by atoms with Gasteiger partial charge >= 0.3 is 0 Å². The first-order chi connectivity index (χ1) is 14.0. The molecular formula is C24H27NO3S. The molecule has 5 rings (SSSR count). The lowest BCUT2D eigenvalue weighted by atomic mass is 9.79. The molecule has 0 aromatic heterocycles. The maximum atomic E-state index is 12.8. The Hall–Kier alpha value is -2.14. The summed E-state index contributed by atoms with van der Waals surface area (Å²) in [5.74, 6) is 3.11. The van der Waals surface area contributed by atoms with Crippen molar-refractivity contribution in [3.8, 4) is 0 Å². The first-order valence-corrected chi connectivity index (χ1v) is 12.3. The minimum absolute atomic E-state index is 0.0328. The van der Waals surface area contributed by atoms with Crippen LogP contribution in [0.15, 0.2) is 59.5 Å². The molecule has 5 heteroatoms. The smallest absolute Gasteiger partial charge is 0.251 e. The largest absolute Gasteiger partial charge is 0.349 e. The summed E-state index contributed by atoms with van der Waals surface area (Å²) in [7, 11) is -3.38. The van der Waals surface area contributed by atoms with Crippen LogP contribution in [0.5, 0.6) is 0 Å². The van der Waals surface area contributed by atoms with Crippen LogP contribution in [-0.2, 0) is 15.6 Å². The minimum atomic E-state index is -3.38. The van der Waals surface area contributed by atoms with Gasteiger partial charge in [0.2, 0.25) is 0 Å². The van der Waals surface area contributed by atoms with Gasteiger partial charge in [-0.25, -0.2) is 8.42 Å². The number of hydrogen-bond acceptors (Lipinski definition) is 3. The highest BCUT2D eigenvalue weighted by atomic mass is 32.2. The lowest BCUT2D eigenvalue weighted by Gasteiger charge is -2.32. The van der Waals surface area contributed by atoms with E-state index in [1.54, 1.807) is 54.6 Å². The van der Waals surface area contributed by atoms with Crippen LogP contribution in [0.3, 0.4) is 0 Å². The van der Waals surface area contributed by atoms with E-state index in [9.17, 15) is 13.2 Å². The molecule has 3 fully saturated rings. The van der Waals surface area contributed by atoms with Gasteiger partial charge in [-0.3, -0.25) is 4.79 Å². The summed E-state index contributed by atoms with van der Waals surface area (Å²) in [6, 6.07) is 15.8. The molecule has 3 aliphatic rings. The van der Waals surface area contributed by atoms with Gasteiger partial charge in [0.25, 0.3) is 5.91 Å². The van der Waals surface area contributed by atoms with Gasteiger partial charge in [-0.05, 0) is 79.2 Å². The van der Waals surface area contributed by atoms with Gasteiger partial charge in [0.05, 0.1) is 10.6 Å². The number of rotatable bonds is 5. The molecule has 0 radical (unpaired) electrons. The van der Waals surface area contributed by atoms with E-state index in [1.165, 1.54) is 25.7 Å². The topological polar surface area (TPSA) is 63.2 Å². The van der Waals surface area contributed by atoms with E-state index < -0.39 is 9.84 Å². The maximum absolute atomic E-state index is 12.8. The van der Waals surface area contributed by atoms with Gasteiger partial charge in [0.15, 0.2) is 9.84 Å². The number of sulfone groups is 1. The van der Waals surface area contributed by atoms with E-state index in [4.69, 9.17) is 0 Å². The fourth-order valence-electron chi connectivity index (χ4n) is 6.17. The van der Waals surface area contributed by atoms with Crippen LogP contribution >= 0.6 is 0 Å². The third kappa shape index (κ3) is 3.50. The molecule has 5 atom stereocenters. The molecule has 3 saturated carbocycles. The Labute approximate surface area is 172 Å². The van der Waals surface area contributed by atoms with Crippen molar-refractivity contribution in [3.05, 3.63) is 65.7 Å². The minimum Gasteiger partial charge on any atom is -0.349 e. The second kappa shape index (κ2) is 7.28. The van der Waals surface area contributed by atoms with Crippen molar-refractivity contribution in [2.75, 3.05) is 0 Å². The average Bonchev–Trinajstić information content (AvgIpc) is 3.42. The number of nitrogens with one attached hydrogen (secondary N) is 1. The molecule has 0 unspecified atom stereocenters. The zero-order chi connectivity index (χ0) is 20.0. The Morgan fingerprint density at radius 1 is 0.897 bits per heavy atom. The van der Waals surface area contributed by atoms with Crippen molar-refractivity contribution >= 4 is 15.7 Å². The van der Waals surface area contributed by atoms with Crippen LogP contribution in [0, 0.1) is 23.7 Å². The number of amides is 1. The lowest BCUT2D eigenvalue weighted by Crippen LogP contribution is -2.42. The molecular weight excluding hydrogens is 382 g/mol. The second-order valence-electron chi connectivity index (χ2n) is 9.00. The number of carbonyl (C=O) groups is 1. The molecule has 0 aliphatic heterocycles. The SMILES string of the molecule is O=C(N[C@@H]1C[C@H]2C[C@H]1[C@@H]1CCC[C@@H]21)c1ccc(CS(=O)(=O)c2ccccc2)cc1. The molecule has 152 valence electrons. The summed E-state index contributed by atoms with van der Waals surface area (Å²) in [5.41, 5.74) is 1.30. The molecule has 2 bridgehead atoms. The Bertz CT molecular complexity index is 1000. The highest BCUT2D eigenvalue weighted by Crippen LogP contribution is 2.58. The molecule has 1 amide bonds. The predicted octanol–water partition coefficient (Wildman–Crippen LogP) is 4.22. The molecule has 1 N–H and O–H groups in total. The van der Waals surface area contributed by atoms with Gasteiger partial charge in [-0.2, -0.15) is 0 Å². The first kappa shape index (κ1) is 18.9. The Balaban J connectivity index is 1.23. The number of hydrogen-bond donors (Lipinski definition) is 1. The zero-order valence-electron chi connectivity index (χ0n) is 16.5. The van der Waals surface area contributed by atoms with E-state index >= 15 is 0 Å². The Morgan fingerprint density at radius 3 is 2.38 bits per heavy atom. The summed E-state index contributed by atoms with van der Waals surface area (Å²) in [6.07, 6.45) is 6.50. The number of benzene rings is 2. The summed E-state index contributed by atoms with van der Waals surface area (Å²) in [4.78, 5) is 13.1. The Morgan fingerprint density at radius 2 is 1.62 bits per heavy atom. The van der Waals surface area contributed by atoms with Crippen LogP contribution < -0.4 is 5.32 Å². The quantitative estimate of drug-likeness (QED) is 0.804. The molecule has 4 nitrogen and oxygen atoms in total. The maximum Gasteiger partial charge on any atom is 0.251 e. The molecule has 2 aromatic carbocycles. The van der Waals surface area contributed by atoms with E-state index in [1.807, 2.05) is 0 Å². The molecule has 0 saturated heterocycles. The molecule has 29 heavy (non-hydrogen) atoms. The van der Waals surface area contributed by atoms with Crippen molar-refractivity contribution in [2.45, 2.75) is 48.8 Å². The third-order valence-electron chi connectivity index (χ3n) is 7.42. The third-order valence-corrected chi connectivity index (χ3v) is 9.12. The van der Waals surface area contributed by atoms with Crippen LogP contribution in [0.1, 0.15) is 48.0 Å². The van der Waals surface area contributed by atoms with E-state index in [0.717, 1.165) is 24.2 Å². The zero-order valence-corrected chi connectivity index (χ0v) is 17.3. The highest BCUT2D eigenvalue weighted by Gasteiger charge is 2.54. The van der Waals surface area contributed by atoms with Crippen molar-refractivity contribution in [1.82, 2.24) is 5.32 Å². The fourth-order valence-corrected chi connectivity index (χ4v) is 7.54. The van der Waals surface area contributed by atoms with Crippen LogP contribution in [0.2, 0.25) is 0 Å². The molecule has 3 aliphatic carbocycles. The van der Waals surface area contributed by atoms with Gasteiger partial charge < -0.3 is 5.32 Å². The standard InChI is InChI=1S/C24H27NO3S/c26-24(25-23-14-18-13-22(23)21-8-4-7-20(18)21)17-11-9-16(10-12-17)15-29(27,28)19-5-2-1-3-6-19/h1-3,5-6,9-12,18,20-23H,4,7-8,13-15H2,(H,25,26)/t18-,20+,21-,22+,23-/m1/s1. The van der Waals surface area contributed by atoms with Crippen LogP contribution in [0.4, 0.5) is 0 Å².